The van der Waals surface area contributed by atoms with Crippen LogP contribution in [0.5, 0.6) is 0 Å². The van der Waals surface area contributed by atoms with Gasteiger partial charge in [-0.1, -0.05) is 26.0 Å². The summed E-state index contributed by atoms with van der Waals surface area (Å²) >= 11 is 0. The summed E-state index contributed by atoms with van der Waals surface area (Å²) in [5.41, 5.74) is 1.38. The van der Waals surface area contributed by atoms with Gasteiger partial charge < -0.3 is 5.32 Å². The number of nitrogens with zero attached hydrogens (tertiary/aromatic N) is 2. The third-order valence-electron chi connectivity index (χ3n) is 3.89. The number of rotatable bonds is 4. The fourth-order valence-corrected chi connectivity index (χ4v) is 2.41. The Hall–Kier alpha value is -2.68. The molecule has 9 heteroatoms. The topological polar surface area (TPSA) is 92.9 Å². The van der Waals surface area contributed by atoms with Crippen LogP contribution in [-0.2, 0) is 11.7 Å². The summed E-state index contributed by atoms with van der Waals surface area (Å²) in [6.07, 6.45) is -0.468. The number of nitrogens with two attached hydrogens (primary N) is 1. The van der Waals surface area contributed by atoms with Crippen LogP contribution >= 0.6 is 0 Å². The Bertz CT molecular complexity index is 758. The van der Waals surface area contributed by atoms with Gasteiger partial charge in [-0.3, -0.25) is 10.2 Å². The average Bonchev–Trinajstić information content (AvgIpc) is 3.43. The van der Waals surface area contributed by atoms with E-state index in [9.17, 15) is 18.0 Å². The van der Waals surface area contributed by atoms with E-state index in [0.717, 1.165) is 12.1 Å². The molecular formula is C17H20F3N5O. The van der Waals surface area contributed by atoms with Crippen molar-refractivity contribution in [2.75, 3.05) is 5.32 Å². The maximum absolute atomic E-state index is 12.9. The van der Waals surface area contributed by atoms with E-state index >= 15 is 0 Å². The minimum absolute atomic E-state index is 0.187. The summed E-state index contributed by atoms with van der Waals surface area (Å²) < 4.78 is 38.6. The van der Waals surface area contributed by atoms with E-state index in [1.807, 2.05) is 19.3 Å². The van der Waals surface area contributed by atoms with E-state index in [1.54, 1.807) is 6.07 Å². The minimum Gasteiger partial charge on any atom is -0.345 e. The van der Waals surface area contributed by atoms with E-state index in [2.05, 4.69) is 15.3 Å². The molecule has 1 aliphatic rings. The van der Waals surface area contributed by atoms with Crippen LogP contribution in [0.2, 0.25) is 0 Å². The van der Waals surface area contributed by atoms with E-state index in [1.165, 1.54) is 18.5 Å². The van der Waals surface area contributed by atoms with Gasteiger partial charge in [-0.05, 0) is 30.5 Å². The number of benzene rings is 1. The molecule has 0 unspecified atom stereocenters. The molecule has 6 nitrogen and oxygen atoms in total. The number of amides is 1. The number of carbonyl (C=O) groups excluding carboxylic acids is 1. The standard InChI is InChI=1S/C15H14F3N5O.C2H6/c16-15(17,18)11-3-1-2-10(6-11)14(4-5-14)22-13-20-7-9(8-21-13)12(24)23-19;1-2/h1-3,6-8H,4-5,19H2,(H,23,24)(H,20,21,22);1-2H3. The molecule has 1 fully saturated rings. The van der Waals surface area contributed by atoms with Crippen LogP contribution in [0.15, 0.2) is 36.7 Å². The maximum atomic E-state index is 12.9. The van der Waals surface area contributed by atoms with E-state index in [4.69, 9.17) is 5.84 Å². The monoisotopic (exact) mass is 367 g/mol. The highest BCUT2D eigenvalue weighted by molar-refractivity contribution is 5.93. The molecule has 0 aliphatic heterocycles. The van der Waals surface area contributed by atoms with Gasteiger partial charge in [0.2, 0.25) is 5.95 Å². The van der Waals surface area contributed by atoms with Gasteiger partial charge in [0.05, 0.1) is 16.7 Å². The van der Waals surface area contributed by atoms with Gasteiger partial charge in [-0.15, -0.1) is 0 Å². The Morgan fingerprint density at radius 3 is 2.31 bits per heavy atom. The molecule has 140 valence electrons. The van der Waals surface area contributed by atoms with Crippen LogP contribution in [-0.4, -0.2) is 15.9 Å². The predicted octanol–water partition coefficient (Wildman–Crippen LogP) is 3.23. The van der Waals surface area contributed by atoms with Crippen LogP contribution < -0.4 is 16.6 Å². The van der Waals surface area contributed by atoms with E-state index in [0.29, 0.717) is 18.4 Å². The first kappa shape index (κ1) is 19.6. The van der Waals surface area contributed by atoms with Crippen molar-refractivity contribution in [1.82, 2.24) is 15.4 Å². The van der Waals surface area contributed by atoms with Gasteiger partial charge in [-0.25, -0.2) is 15.8 Å². The molecule has 3 rings (SSSR count). The first-order valence-corrected chi connectivity index (χ1v) is 8.13. The Kier molecular flexibility index (Phi) is 5.81. The summed E-state index contributed by atoms with van der Waals surface area (Å²) in [6, 6.07) is 5.20. The predicted molar refractivity (Wildman–Crippen MR) is 91.0 cm³/mol. The molecule has 0 bridgehead atoms. The Balaban J connectivity index is 0.00000117. The molecule has 1 heterocycles. The Morgan fingerprint density at radius 1 is 1.19 bits per heavy atom. The number of hydrogen-bond donors (Lipinski definition) is 3. The fraction of sp³-hybridized carbons (Fsp3) is 0.353. The second kappa shape index (κ2) is 7.69. The zero-order valence-electron chi connectivity index (χ0n) is 14.4. The highest BCUT2D eigenvalue weighted by Gasteiger charge is 2.46. The minimum atomic E-state index is -4.39. The van der Waals surface area contributed by atoms with Crippen molar-refractivity contribution in [3.05, 3.63) is 53.3 Å². The number of aromatic nitrogens is 2. The van der Waals surface area contributed by atoms with Gasteiger partial charge in [-0.2, -0.15) is 13.2 Å². The number of halogens is 3. The number of nitrogen functional groups attached to an aromatic ring is 1. The van der Waals surface area contributed by atoms with Crippen LogP contribution in [0.3, 0.4) is 0 Å². The molecule has 0 saturated heterocycles. The second-order valence-corrected chi connectivity index (χ2v) is 5.55. The van der Waals surface area contributed by atoms with Gasteiger partial charge in [0.1, 0.15) is 0 Å². The quantitative estimate of drug-likeness (QED) is 0.438. The highest BCUT2D eigenvalue weighted by atomic mass is 19.4. The molecule has 0 radical (unpaired) electrons. The summed E-state index contributed by atoms with van der Waals surface area (Å²) in [5.74, 6) is 4.72. The van der Waals surface area contributed by atoms with Crippen LogP contribution in [0, 0.1) is 0 Å². The van der Waals surface area contributed by atoms with Crippen LogP contribution in [0.4, 0.5) is 19.1 Å². The molecule has 0 spiro atoms. The van der Waals surface area contributed by atoms with Crippen molar-refractivity contribution in [3.8, 4) is 0 Å². The van der Waals surface area contributed by atoms with E-state index in [-0.39, 0.29) is 11.5 Å². The molecule has 1 aromatic heterocycles. The van der Waals surface area contributed by atoms with E-state index < -0.39 is 23.2 Å². The lowest BCUT2D eigenvalue weighted by atomic mass is 10.0. The normalized spacial score (nSPS) is 14.7. The number of hydrazine groups is 1. The molecule has 1 aromatic carbocycles. The van der Waals surface area contributed by atoms with Gasteiger partial charge in [0.25, 0.3) is 5.91 Å². The van der Waals surface area contributed by atoms with Crippen LogP contribution in [0.1, 0.15) is 48.2 Å². The number of alkyl halides is 3. The zero-order chi connectivity index (χ0) is 19.4. The summed E-state index contributed by atoms with van der Waals surface area (Å²) in [6.45, 7) is 4.00. The lowest BCUT2D eigenvalue weighted by Gasteiger charge is -2.19. The van der Waals surface area contributed by atoms with Gasteiger partial charge in [0.15, 0.2) is 0 Å². The van der Waals surface area contributed by atoms with Crippen LogP contribution in [0.25, 0.3) is 0 Å². The summed E-state index contributed by atoms with van der Waals surface area (Å²) in [7, 11) is 0. The lowest BCUT2D eigenvalue weighted by molar-refractivity contribution is -0.137. The third kappa shape index (κ3) is 4.29. The number of hydrogen-bond acceptors (Lipinski definition) is 5. The average molecular weight is 367 g/mol. The largest absolute Gasteiger partial charge is 0.416 e. The molecule has 2 aromatic rings. The number of carbonyl (C=O) groups is 1. The van der Waals surface area contributed by atoms with Crippen molar-refractivity contribution in [2.24, 2.45) is 5.84 Å². The zero-order valence-corrected chi connectivity index (χ0v) is 14.4. The molecule has 1 saturated carbocycles. The number of anilines is 1. The first-order valence-electron chi connectivity index (χ1n) is 8.13. The summed E-state index contributed by atoms with van der Waals surface area (Å²) in [5, 5.41) is 3.06. The highest BCUT2D eigenvalue weighted by Crippen LogP contribution is 2.48. The maximum Gasteiger partial charge on any atom is 0.416 e. The molecule has 0 atom stereocenters. The molecule has 26 heavy (non-hydrogen) atoms. The first-order chi connectivity index (χ1) is 12.3. The van der Waals surface area contributed by atoms with Crippen molar-refractivity contribution in [2.45, 2.75) is 38.4 Å². The lowest BCUT2D eigenvalue weighted by Crippen LogP contribution is -2.30. The Labute approximate surface area is 149 Å². The van der Waals surface area contributed by atoms with Gasteiger partial charge in [0, 0.05) is 12.4 Å². The third-order valence-corrected chi connectivity index (χ3v) is 3.89. The molecule has 1 aliphatic carbocycles. The van der Waals surface area contributed by atoms with Crippen molar-refractivity contribution >= 4 is 11.9 Å². The smallest absolute Gasteiger partial charge is 0.345 e. The second-order valence-electron chi connectivity index (χ2n) is 5.55. The molecule has 4 N–H and O–H groups in total. The van der Waals surface area contributed by atoms with Crippen molar-refractivity contribution in [3.63, 3.8) is 0 Å². The molecule has 1 amide bonds. The molecular weight excluding hydrogens is 347 g/mol. The van der Waals surface area contributed by atoms with Crippen molar-refractivity contribution in [1.29, 1.82) is 0 Å². The fourth-order valence-electron chi connectivity index (χ4n) is 2.41. The Morgan fingerprint density at radius 2 is 1.81 bits per heavy atom. The number of nitrogens with one attached hydrogen (secondary N) is 2. The SMILES string of the molecule is CC.NNC(=O)c1cnc(NC2(c3cccc(C(F)(F)F)c3)CC2)nc1. The summed E-state index contributed by atoms with van der Waals surface area (Å²) in [4.78, 5) is 19.3. The van der Waals surface area contributed by atoms with Crippen molar-refractivity contribution < 1.29 is 18.0 Å². The van der Waals surface area contributed by atoms with Gasteiger partial charge >= 0.3 is 6.18 Å².